The zero-order valence-electron chi connectivity index (χ0n) is 18.7. The van der Waals surface area contributed by atoms with E-state index in [-0.39, 0.29) is 17.6 Å². The Kier molecular flexibility index (Phi) is 5.85. The number of benzene rings is 2. The van der Waals surface area contributed by atoms with E-state index in [1.165, 1.54) is 17.7 Å². The molecule has 4 aromatic rings. The third-order valence-corrected chi connectivity index (χ3v) is 7.44. The first-order chi connectivity index (χ1) is 16.0. The normalized spacial score (nSPS) is 16.3. The molecule has 1 atom stereocenters. The summed E-state index contributed by atoms with van der Waals surface area (Å²) in [7, 11) is 0. The molecule has 0 spiro atoms. The lowest BCUT2D eigenvalue weighted by Crippen LogP contribution is -2.43. The summed E-state index contributed by atoms with van der Waals surface area (Å²) < 4.78 is 16.1. The van der Waals surface area contributed by atoms with Crippen LogP contribution in [0.25, 0.3) is 16.0 Å². The van der Waals surface area contributed by atoms with Crippen molar-refractivity contribution in [2.75, 3.05) is 18.0 Å². The van der Waals surface area contributed by atoms with E-state index < -0.39 is 0 Å². The number of halogens is 1. The molecule has 1 aliphatic rings. The van der Waals surface area contributed by atoms with Gasteiger partial charge in [-0.15, -0.1) is 0 Å². The molecule has 0 aliphatic carbocycles. The van der Waals surface area contributed by atoms with E-state index in [1.54, 1.807) is 28.2 Å². The molecule has 0 radical (unpaired) electrons. The second-order valence-electron chi connectivity index (χ2n) is 8.55. The number of nitrogens with one attached hydrogen (secondary N) is 1. The number of hydrogen-bond acceptors (Lipinski definition) is 5. The third kappa shape index (κ3) is 4.35. The summed E-state index contributed by atoms with van der Waals surface area (Å²) in [6.07, 6.45) is 1.82. The van der Waals surface area contributed by atoms with Gasteiger partial charge in [-0.05, 0) is 62.1 Å². The van der Waals surface area contributed by atoms with E-state index in [0.29, 0.717) is 13.1 Å². The number of carbonyl (C=O) groups is 1. The van der Waals surface area contributed by atoms with Crippen molar-refractivity contribution in [2.24, 2.45) is 5.92 Å². The Morgan fingerprint density at radius 2 is 1.97 bits per heavy atom. The van der Waals surface area contributed by atoms with Crippen LogP contribution in [-0.2, 0) is 11.3 Å². The number of nitrogens with zero attached hydrogens (tertiary/aromatic N) is 4. The topological polar surface area (TPSA) is 63.1 Å². The fourth-order valence-corrected chi connectivity index (χ4v) is 5.34. The van der Waals surface area contributed by atoms with Gasteiger partial charge in [0.1, 0.15) is 5.82 Å². The van der Waals surface area contributed by atoms with E-state index in [1.807, 2.05) is 19.1 Å². The Morgan fingerprint density at radius 1 is 1.18 bits per heavy atom. The number of amides is 1. The van der Waals surface area contributed by atoms with Gasteiger partial charge in [0.2, 0.25) is 5.91 Å². The first-order valence-corrected chi connectivity index (χ1v) is 12.0. The van der Waals surface area contributed by atoms with Gasteiger partial charge in [0.05, 0.1) is 22.0 Å². The Hall–Kier alpha value is -3.26. The quantitative estimate of drug-likeness (QED) is 0.463. The summed E-state index contributed by atoms with van der Waals surface area (Å²) in [6, 6.07) is 14.4. The Labute approximate surface area is 196 Å². The van der Waals surface area contributed by atoms with Gasteiger partial charge in [0.25, 0.3) is 0 Å². The molecule has 170 valence electrons. The van der Waals surface area contributed by atoms with Crippen molar-refractivity contribution in [3.8, 4) is 5.69 Å². The molecule has 3 heterocycles. The lowest BCUT2D eigenvalue weighted by molar-refractivity contribution is -0.125. The fraction of sp³-hybridized carbons (Fsp3) is 0.320. The number of anilines is 1. The SMILES string of the molecule is Cc1ccccc1CNC(=O)[C@H]1CCCN(c2nc3c(s2)c(C)nn3-c2ccc(F)cc2)C1. The van der Waals surface area contributed by atoms with Gasteiger partial charge >= 0.3 is 0 Å². The third-order valence-electron chi connectivity index (χ3n) is 6.23. The zero-order valence-corrected chi connectivity index (χ0v) is 19.5. The van der Waals surface area contributed by atoms with Crippen LogP contribution in [0.1, 0.15) is 29.7 Å². The van der Waals surface area contributed by atoms with Crippen molar-refractivity contribution in [1.82, 2.24) is 20.1 Å². The van der Waals surface area contributed by atoms with E-state index in [4.69, 9.17) is 4.98 Å². The minimum absolute atomic E-state index is 0.0653. The molecule has 6 nitrogen and oxygen atoms in total. The van der Waals surface area contributed by atoms with Gasteiger partial charge in [-0.25, -0.2) is 9.07 Å². The zero-order chi connectivity index (χ0) is 22.9. The van der Waals surface area contributed by atoms with E-state index in [2.05, 4.69) is 34.4 Å². The lowest BCUT2D eigenvalue weighted by Gasteiger charge is -2.31. The number of piperidine rings is 1. The minimum Gasteiger partial charge on any atom is -0.352 e. The van der Waals surface area contributed by atoms with Gasteiger partial charge < -0.3 is 10.2 Å². The van der Waals surface area contributed by atoms with Crippen LogP contribution < -0.4 is 10.2 Å². The molecule has 1 aliphatic heterocycles. The molecule has 1 amide bonds. The van der Waals surface area contributed by atoms with Gasteiger partial charge in [-0.2, -0.15) is 10.1 Å². The molecule has 5 rings (SSSR count). The van der Waals surface area contributed by atoms with Crippen LogP contribution >= 0.6 is 11.3 Å². The van der Waals surface area contributed by atoms with Gasteiger partial charge in [0, 0.05) is 19.6 Å². The standard InChI is InChI=1S/C25H26FN5OS/c1-16-6-3-4-7-18(16)14-27-24(32)19-8-5-13-30(15-19)25-28-23-22(33-25)17(2)29-31(23)21-11-9-20(26)10-12-21/h3-4,6-7,9-12,19H,5,8,13-15H2,1-2H3,(H,27,32)/t19-/m0/s1. The highest BCUT2D eigenvalue weighted by Gasteiger charge is 2.28. The Bertz CT molecular complexity index is 1300. The molecule has 0 unspecified atom stereocenters. The molecular weight excluding hydrogens is 437 g/mol. The van der Waals surface area contributed by atoms with Crippen molar-refractivity contribution in [3.63, 3.8) is 0 Å². The summed E-state index contributed by atoms with van der Waals surface area (Å²) in [5.74, 6) is -0.250. The maximum atomic E-state index is 13.4. The van der Waals surface area contributed by atoms with Crippen LogP contribution in [0.5, 0.6) is 0 Å². The molecule has 33 heavy (non-hydrogen) atoms. The summed E-state index contributed by atoms with van der Waals surface area (Å²) in [5.41, 5.74) is 4.76. The lowest BCUT2D eigenvalue weighted by atomic mass is 9.97. The molecule has 0 saturated carbocycles. The monoisotopic (exact) mass is 463 g/mol. The second kappa shape index (κ2) is 8.94. The van der Waals surface area contributed by atoms with Gasteiger partial charge in [0.15, 0.2) is 10.8 Å². The van der Waals surface area contributed by atoms with Crippen molar-refractivity contribution in [3.05, 3.63) is 71.2 Å². The van der Waals surface area contributed by atoms with Crippen LogP contribution in [0.4, 0.5) is 9.52 Å². The summed E-state index contributed by atoms with van der Waals surface area (Å²) in [4.78, 5) is 20.0. The summed E-state index contributed by atoms with van der Waals surface area (Å²) >= 11 is 1.60. The molecule has 1 saturated heterocycles. The molecule has 2 aromatic heterocycles. The van der Waals surface area contributed by atoms with Crippen LogP contribution in [0, 0.1) is 25.6 Å². The fourth-order valence-electron chi connectivity index (χ4n) is 4.32. The van der Waals surface area contributed by atoms with E-state index in [9.17, 15) is 9.18 Å². The number of hydrogen-bond donors (Lipinski definition) is 1. The average Bonchev–Trinajstić information content (AvgIpc) is 3.40. The van der Waals surface area contributed by atoms with Crippen molar-refractivity contribution < 1.29 is 9.18 Å². The average molecular weight is 464 g/mol. The molecule has 1 N–H and O–H groups in total. The van der Waals surface area contributed by atoms with Gasteiger partial charge in [-0.1, -0.05) is 35.6 Å². The largest absolute Gasteiger partial charge is 0.352 e. The van der Waals surface area contributed by atoms with Crippen LogP contribution in [0.3, 0.4) is 0 Å². The number of rotatable bonds is 5. The highest BCUT2D eigenvalue weighted by molar-refractivity contribution is 7.22. The second-order valence-corrected chi connectivity index (χ2v) is 9.53. The predicted octanol–water partition coefficient (Wildman–Crippen LogP) is 4.77. The maximum Gasteiger partial charge on any atom is 0.225 e. The number of aryl methyl sites for hydroxylation is 2. The number of carbonyl (C=O) groups excluding carboxylic acids is 1. The summed E-state index contributed by atoms with van der Waals surface area (Å²) in [6.45, 7) is 6.10. The molecule has 8 heteroatoms. The van der Waals surface area contributed by atoms with Crippen LogP contribution in [0.2, 0.25) is 0 Å². The maximum absolute atomic E-state index is 13.4. The van der Waals surface area contributed by atoms with Crippen molar-refractivity contribution in [1.29, 1.82) is 0 Å². The molecule has 0 bridgehead atoms. The number of aromatic nitrogens is 3. The molecule has 1 fully saturated rings. The molecule has 2 aromatic carbocycles. The van der Waals surface area contributed by atoms with Crippen molar-refractivity contribution in [2.45, 2.75) is 33.2 Å². The first kappa shape index (κ1) is 21.6. The first-order valence-electron chi connectivity index (χ1n) is 11.2. The Balaban J connectivity index is 1.32. The van der Waals surface area contributed by atoms with Gasteiger partial charge in [-0.3, -0.25) is 4.79 Å². The molecular formula is C25H26FN5OS. The smallest absolute Gasteiger partial charge is 0.225 e. The highest BCUT2D eigenvalue weighted by Crippen LogP contribution is 2.34. The number of thiazole rings is 1. The summed E-state index contributed by atoms with van der Waals surface area (Å²) in [5, 5.41) is 8.62. The van der Waals surface area contributed by atoms with Crippen LogP contribution in [-0.4, -0.2) is 33.8 Å². The predicted molar refractivity (Wildman–Crippen MR) is 129 cm³/mol. The highest BCUT2D eigenvalue weighted by atomic mass is 32.1. The van der Waals surface area contributed by atoms with Crippen LogP contribution in [0.15, 0.2) is 48.5 Å². The van der Waals surface area contributed by atoms with Crippen molar-refractivity contribution >= 4 is 32.7 Å². The van der Waals surface area contributed by atoms with E-state index in [0.717, 1.165) is 51.8 Å². The van der Waals surface area contributed by atoms with E-state index >= 15 is 0 Å². The number of fused-ring (bicyclic) bond motifs is 1. The Morgan fingerprint density at radius 3 is 2.76 bits per heavy atom. The minimum atomic E-state index is -0.280.